The van der Waals surface area contributed by atoms with Gasteiger partial charge in [0.05, 0.1) is 19.6 Å². The minimum absolute atomic E-state index is 0.00226. The van der Waals surface area contributed by atoms with Crippen LogP contribution in [0.3, 0.4) is 0 Å². The van der Waals surface area contributed by atoms with Crippen molar-refractivity contribution in [1.82, 2.24) is 5.32 Å². The van der Waals surface area contributed by atoms with Crippen LogP contribution in [0.1, 0.15) is 40.8 Å². The average molecular weight is 311 g/mol. The molecule has 23 heavy (non-hydrogen) atoms. The maximum absolute atomic E-state index is 12.3. The Hall–Kier alpha value is -2.29. The average Bonchev–Trinajstić information content (AvgIpc) is 2.47. The molecule has 3 nitrogen and oxygen atoms in total. The Bertz CT molecular complexity index is 707. The predicted octanol–water partition coefficient (Wildman–Crippen LogP) is 4.04. The molecular formula is C20H25NO2. The fourth-order valence-corrected chi connectivity index (χ4v) is 2.92. The molecule has 0 unspecified atom stereocenters. The summed E-state index contributed by atoms with van der Waals surface area (Å²) in [6.07, 6.45) is 0.375. The second-order valence-corrected chi connectivity index (χ2v) is 6.13. The zero-order valence-corrected chi connectivity index (χ0v) is 14.6. The summed E-state index contributed by atoms with van der Waals surface area (Å²) < 4.78 is 5.25. The minimum Gasteiger partial charge on any atom is -0.496 e. The Labute approximate surface area is 138 Å². The van der Waals surface area contributed by atoms with E-state index in [1.807, 2.05) is 32.0 Å². The van der Waals surface area contributed by atoms with Crippen LogP contribution in [0.25, 0.3) is 0 Å². The number of aryl methyl sites for hydroxylation is 3. The molecule has 122 valence electrons. The van der Waals surface area contributed by atoms with Crippen molar-refractivity contribution in [3.63, 3.8) is 0 Å². The zero-order chi connectivity index (χ0) is 17.0. The van der Waals surface area contributed by atoms with E-state index in [0.717, 1.165) is 22.4 Å². The van der Waals surface area contributed by atoms with E-state index in [-0.39, 0.29) is 11.9 Å². The van der Waals surface area contributed by atoms with E-state index in [2.05, 4.69) is 37.4 Å². The van der Waals surface area contributed by atoms with Crippen LogP contribution in [0.5, 0.6) is 5.75 Å². The van der Waals surface area contributed by atoms with Crippen molar-refractivity contribution in [2.45, 2.75) is 40.2 Å². The van der Waals surface area contributed by atoms with Gasteiger partial charge in [-0.25, -0.2) is 0 Å². The molecule has 0 aliphatic rings. The maximum atomic E-state index is 12.3. The number of amides is 1. The number of benzene rings is 2. The van der Waals surface area contributed by atoms with Crippen molar-refractivity contribution in [2.24, 2.45) is 0 Å². The molecule has 2 rings (SSSR count). The van der Waals surface area contributed by atoms with Gasteiger partial charge in [-0.15, -0.1) is 0 Å². The summed E-state index contributed by atoms with van der Waals surface area (Å²) in [7, 11) is 1.65. The third kappa shape index (κ3) is 4.35. The molecule has 0 aliphatic heterocycles. The first kappa shape index (κ1) is 17.1. The minimum atomic E-state index is 0.00226. The molecule has 2 aromatic carbocycles. The monoisotopic (exact) mass is 311 g/mol. The lowest BCUT2D eigenvalue weighted by molar-refractivity contribution is -0.121. The normalized spacial score (nSPS) is 11.9. The van der Waals surface area contributed by atoms with E-state index in [4.69, 9.17) is 4.74 Å². The number of hydrogen-bond acceptors (Lipinski definition) is 2. The highest BCUT2D eigenvalue weighted by molar-refractivity contribution is 5.79. The zero-order valence-electron chi connectivity index (χ0n) is 14.6. The Kier molecular flexibility index (Phi) is 5.43. The molecule has 2 aromatic rings. The van der Waals surface area contributed by atoms with Gasteiger partial charge in [-0.1, -0.05) is 35.9 Å². The van der Waals surface area contributed by atoms with E-state index in [0.29, 0.717) is 6.42 Å². The Balaban J connectivity index is 2.02. The molecule has 3 heteroatoms. The van der Waals surface area contributed by atoms with Gasteiger partial charge in [0, 0.05) is 0 Å². The van der Waals surface area contributed by atoms with E-state index in [9.17, 15) is 4.79 Å². The summed E-state index contributed by atoms with van der Waals surface area (Å²) in [5, 5.41) is 3.08. The SMILES string of the molecule is COc1ccc(CC(=O)N[C@H](C)c2ccc(C)cc2C)cc1C. The van der Waals surface area contributed by atoms with Gasteiger partial charge < -0.3 is 10.1 Å². The molecule has 0 radical (unpaired) electrons. The van der Waals surface area contributed by atoms with Crippen molar-refractivity contribution in [1.29, 1.82) is 0 Å². The molecule has 0 aromatic heterocycles. The van der Waals surface area contributed by atoms with Crippen molar-refractivity contribution < 1.29 is 9.53 Å². The number of nitrogens with one attached hydrogen (secondary N) is 1. The van der Waals surface area contributed by atoms with E-state index >= 15 is 0 Å². The molecule has 1 atom stereocenters. The second-order valence-electron chi connectivity index (χ2n) is 6.13. The van der Waals surface area contributed by atoms with Gasteiger partial charge in [-0.05, 0) is 56.0 Å². The lowest BCUT2D eigenvalue weighted by Crippen LogP contribution is -2.28. The fraction of sp³-hybridized carbons (Fsp3) is 0.350. The van der Waals surface area contributed by atoms with E-state index in [1.54, 1.807) is 7.11 Å². The van der Waals surface area contributed by atoms with Gasteiger partial charge in [0.2, 0.25) is 5.91 Å². The maximum Gasteiger partial charge on any atom is 0.224 e. The van der Waals surface area contributed by atoms with Gasteiger partial charge in [0.25, 0.3) is 0 Å². The highest BCUT2D eigenvalue weighted by Gasteiger charge is 2.12. The molecule has 0 aliphatic carbocycles. The highest BCUT2D eigenvalue weighted by Crippen LogP contribution is 2.20. The quantitative estimate of drug-likeness (QED) is 0.905. The van der Waals surface area contributed by atoms with Crippen LogP contribution in [-0.4, -0.2) is 13.0 Å². The number of rotatable bonds is 5. The fourth-order valence-electron chi connectivity index (χ4n) is 2.92. The second kappa shape index (κ2) is 7.32. The Morgan fingerprint density at radius 1 is 1.09 bits per heavy atom. The van der Waals surface area contributed by atoms with Crippen molar-refractivity contribution in [3.05, 3.63) is 64.2 Å². The van der Waals surface area contributed by atoms with Crippen LogP contribution in [0, 0.1) is 20.8 Å². The van der Waals surface area contributed by atoms with Gasteiger partial charge >= 0.3 is 0 Å². The lowest BCUT2D eigenvalue weighted by Gasteiger charge is -2.17. The van der Waals surface area contributed by atoms with E-state index in [1.165, 1.54) is 11.1 Å². The summed E-state index contributed by atoms with van der Waals surface area (Å²) in [5.41, 5.74) is 5.64. The molecule has 0 saturated carbocycles. The van der Waals surface area contributed by atoms with E-state index < -0.39 is 0 Å². The summed E-state index contributed by atoms with van der Waals surface area (Å²) >= 11 is 0. The summed E-state index contributed by atoms with van der Waals surface area (Å²) in [4.78, 5) is 12.3. The molecule has 0 bridgehead atoms. The summed E-state index contributed by atoms with van der Waals surface area (Å²) in [5.74, 6) is 0.875. The number of hydrogen-bond donors (Lipinski definition) is 1. The van der Waals surface area contributed by atoms with Crippen molar-refractivity contribution in [3.8, 4) is 5.75 Å². The van der Waals surface area contributed by atoms with Gasteiger partial charge in [0.15, 0.2) is 0 Å². The first-order valence-corrected chi connectivity index (χ1v) is 7.90. The number of methoxy groups -OCH3 is 1. The van der Waals surface area contributed by atoms with Crippen LogP contribution >= 0.6 is 0 Å². The Morgan fingerprint density at radius 2 is 1.83 bits per heavy atom. The van der Waals surface area contributed by atoms with Crippen molar-refractivity contribution >= 4 is 5.91 Å². The highest BCUT2D eigenvalue weighted by atomic mass is 16.5. The van der Waals surface area contributed by atoms with Crippen LogP contribution in [0.4, 0.5) is 0 Å². The van der Waals surface area contributed by atoms with Gasteiger partial charge in [-0.3, -0.25) is 4.79 Å². The topological polar surface area (TPSA) is 38.3 Å². The lowest BCUT2D eigenvalue weighted by atomic mass is 10.00. The molecule has 1 N–H and O–H groups in total. The first-order valence-electron chi connectivity index (χ1n) is 7.90. The third-order valence-electron chi connectivity index (χ3n) is 4.09. The number of ether oxygens (including phenoxy) is 1. The Morgan fingerprint density at radius 3 is 2.43 bits per heavy atom. The number of carbonyl (C=O) groups excluding carboxylic acids is 1. The smallest absolute Gasteiger partial charge is 0.224 e. The summed E-state index contributed by atoms with van der Waals surface area (Å²) in [6, 6.07) is 12.2. The molecule has 0 saturated heterocycles. The van der Waals surface area contributed by atoms with Crippen LogP contribution in [-0.2, 0) is 11.2 Å². The predicted molar refractivity (Wildman–Crippen MR) is 93.9 cm³/mol. The largest absolute Gasteiger partial charge is 0.496 e. The van der Waals surface area contributed by atoms with Gasteiger partial charge in [0.1, 0.15) is 5.75 Å². The van der Waals surface area contributed by atoms with Gasteiger partial charge in [-0.2, -0.15) is 0 Å². The molecule has 0 heterocycles. The molecule has 0 fully saturated rings. The van der Waals surface area contributed by atoms with Crippen LogP contribution in [0.2, 0.25) is 0 Å². The van der Waals surface area contributed by atoms with Crippen molar-refractivity contribution in [2.75, 3.05) is 7.11 Å². The van der Waals surface area contributed by atoms with Crippen LogP contribution in [0.15, 0.2) is 36.4 Å². The molecule has 1 amide bonds. The molecular weight excluding hydrogens is 286 g/mol. The standard InChI is InChI=1S/C20H25NO2/c1-13-6-8-18(14(2)10-13)16(4)21-20(22)12-17-7-9-19(23-5)15(3)11-17/h6-11,16H,12H2,1-5H3,(H,21,22)/t16-/m1/s1. The summed E-state index contributed by atoms with van der Waals surface area (Å²) in [6.45, 7) is 8.16. The first-order chi connectivity index (χ1) is 10.9. The third-order valence-corrected chi connectivity index (χ3v) is 4.09. The number of carbonyl (C=O) groups is 1. The van der Waals surface area contributed by atoms with Crippen LogP contribution < -0.4 is 10.1 Å². The molecule has 0 spiro atoms.